The van der Waals surface area contributed by atoms with E-state index in [2.05, 4.69) is 6.58 Å². The Bertz CT molecular complexity index is 277. The van der Waals surface area contributed by atoms with Crippen molar-refractivity contribution >= 4 is 5.91 Å². The lowest BCUT2D eigenvalue weighted by Crippen LogP contribution is -2.53. The molecule has 0 spiro atoms. The van der Waals surface area contributed by atoms with Crippen molar-refractivity contribution in [3.63, 3.8) is 0 Å². The molecular weight excluding hydrogens is 190 g/mol. The van der Waals surface area contributed by atoms with Gasteiger partial charge in [0.15, 0.2) is 0 Å². The SMILES string of the molecule is C=CC[C@@]12CCCN1C(=O)CCC[C@@H]2O. The maximum absolute atomic E-state index is 11.9. The summed E-state index contributed by atoms with van der Waals surface area (Å²) in [6.45, 7) is 4.56. The molecule has 0 bridgehead atoms. The maximum Gasteiger partial charge on any atom is 0.223 e. The van der Waals surface area contributed by atoms with Crippen LogP contribution in [0, 0.1) is 0 Å². The van der Waals surface area contributed by atoms with Crippen molar-refractivity contribution in [2.24, 2.45) is 0 Å². The number of rotatable bonds is 2. The standard InChI is InChI=1S/C12H19NO2/c1-2-7-12-8-4-9-13(12)11(15)6-3-5-10(12)14/h2,10,14H,1,3-9H2/t10-,12-/m0/s1. The molecular formula is C12H19NO2. The largest absolute Gasteiger partial charge is 0.391 e. The molecule has 0 aromatic carbocycles. The quantitative estimate of drug-likeness (QED) is 0.700. The highest BCUT2D eigenvalue weighted by Crippen LogP contribution is 2.40. The van der Waals surface area contributed by atoms with Crippen LogP contribution in [-0.2, 0) is 4.79 Å². The lowest BCUT2D eigenvalue weighted by atomic mass is 9.84. The number of hydrogen-bond donors (Lipinski definition) is 1. The average Bonchev–Trinajstić information content (AvgIpc) is 2.59. The van der Waals surface area contributed by atoms with Crippen LogP contribution in [0.3, 0.4) is 0 Å². The highest BCUT2D eigenvalue weighted by atomic mass is 16.3. The molecule has 0 saturated carbocycles. The predicted molar refractivity (Wildman–Crippen MR) is 58.3 cm³/mol. The second-order valence-corrected chi connectivity index (χ2v) is 4.65. The first-order chi connectivity index (χ1) is 7.20. The first-order valence-electron chi connectivity index (χ1n) is 5.80. The van der Waals surface area contributed by atoms with E-state index in [1.165, 1.54) is 0 Å². The van der Waals surface area contributed by atoms with Crippen molar-refractivity contribution in [1.29, 1.82) is 0 Å². The molecule has 0 unspecified atom stereocenters. The molecule has 2 rings (SSSR count). The molecule has 2 fully saturated rings. The topological polar surface area (TPSA) is 40.5 Å². The molecule has 2 heterocycles. The minimum atomic E-state index is -0.371. The predicted octanol–water partition coefficient (Wildman–Crippen LogP) is 1.47. The summed E-state index contributed by atoms with van der Waals surface area (Å²) < 4.78 is 0. The first-order valence-corrected chi connectivity index (χ1v) is 5.80. The summed E-state index contributed by atoms with van der Waals surface area (Å²) >= 11 is 0. The van der Waals surface area contributed by atoms with Gasteiger partial charge in [-0.1, -0.05) is 6.08 Å². The third-order valence-corrected chi connectivity index (χ3v) is 3.82. The fourth-order valence-electron chi connectivity index (χ4n) is 3.07. The van der Waals surface area contributed by atoms with Gasteiger partial charge in [0.25, 0.3) is 0 Å². The van der Waals surface area contributed by atoms with Crippen LogP contribution in [0.1, 0.15) is 38.5 Å². The molecule has 1 amide bonds. The maximum atomic E-state index is 11.9. The van der Waals surface area contributed by atoms with Crippen molar-refractivity contribution in [2.45, 2.75) is 50.2 Å². The summed E-state index contributed by atoms with van der Waals surface area (Å²) in [6.07, 6.45) is 6.27. The summed E-state index contributed by atoms with van der Waals surface area (Å²) in [4.78, 5) is 13.8. The molecule has 3 nitrogen and oxygen atoms in total. The number of nitrogens with zero attached hydrogens (tertiary/aromatic N) is 1. The van der Waals surface area contributed by atoms with Crippen molar-refractivity contribution in [2.75, 3.05) is 6.54 Å². The van der Waals surface area contributed by atoms with Crippen LogP contribution in [0.4, 0.5) is 0 Å². The van der Waals surface area contributed by atoms with E-state index in [0.717, 1.165) is 38.6 Å². The Morgan fingerprint density at radius 1 is 1.60 bits per heavy atom. The van der Waals surface area contributed by atoms with Gasteiger partial charge in [-0.05, 0) is 32.1 Å². The van der Waals surface area contributed by atoms with Crippen molar-refractivity contribution in [3.05, 3.63) is 12.7 Å². The fraction of sp³-hybridized carbons (Fsp3) is 0.750. The van der Waals surface area contributed by atoms with Crippen LogP contribution < -0.4 is 0 Å². The number of aliphatic hydroxyl groups is 1. The highest BCUT2D eigenvalue weighted by Gasteiger charge is 2.48. The minimum absolute atomic E-state index is 0.214. The molecule has 1 N–H and O–H groups in total. The average molecular weight is 209 g/mol. The van der Waals surface area contributed by atoms with Gasteiger partial charge in [-0.15, -0.1) is 6.58 Å². The number of carbonyl (C=O) groups excluding carboxylic acids is 1. The molecule has 3 heteroatoms. The Hall–Kier alpha value is -0.830. The van der Waals surface area contributed by atoms with Gasteiger partial charge in [0.1, 0.15) is 0 Å². The Balaban J connectivity index is 2.32. The van der Waals surface area contributed by atoms with E-state index in [9.17, 15) is 9.90 Å². The van der Waals surface area contributed by atoms with E-state index in [0.29, 0.717) is 6.42 Å². The first kappa shape index (κ1) is 10.7. The van der Waals surface area contributed by atoms with Gasteiger partial charge < -0.3 is 10.0 Å². The zero-order chi connectivity index (χ0) is 10.9. The van der Waals surface area contributed by atoms with Crippen molar-refractivity contribution in [3.8, 4) is 0 Å². The van der Waals surface area contributed by atoms with Crippen LogP contribution in [0.25, 0.3) is 0 Å². The third-order valence-electron chi connectivity index (χ3n) is 3.82. The van der Waals surface area contributed by atoms with Crippen LogP contribution in [0.15, 0.2) is 12.7 Å². The van der Waals surface area contributed by atoms with Gasteiger partial charge in [0.05, 0.1) is 11.6 Å². The Labute approximate surface area is 90.8 Å². The Kier molecular flexibility index (Phi) is 2.83. The van der Waals surface area contributed by atoms with E-state index >= 15 is 0 Å². The lowest BCUT2D eigenvalue weighted by molar-refractivity contribution is -0.137. The second kappa shape index (κ2) is 3.97. The smallest absolute Gasteiger partial charge is 0.223 e. The summed E-state index contributed by atoms with van der Waals surface area (Å²) in [5, 5.41) is 10.2. The van der Waals surface area contributed by atoms with E-state index in [1.54, 1.807) is 0 Å². The van der Waals surface area contributed by atoms with E-state index in [1.807, 2.05) is 11.0 Å². The van der Waals surface area contributed by atoms with Crippen molar-refractivity contribution < 1.29 is 9.90 Å². The number of carbonyl (C=O) groups is 1. The molecule has 0 radical (unpaired) electrons. The number of aliphatic hydroxyl groups excluding tert-OH is 1. The molecule has 0 aromatic heterocycles. The lowest BCUT2D eigenvalue weighted by Gasteiger charge is -2.40. The Morgan fingerprint density at radius 2 is 2.40 bits per heavy atom. The molecule has 2 aliphatic heterocycles. The number of fused-ring (bicyclic) bond motifs is 1. The molecule has 84 valence electrons. The molecule has 2 atom stereocenters. The fourth-order valence-corrected chi connectivity index (χ4v) is 3.07. The summed E-state index contributed by atoms with van der Waals surface area (Å²) in [7, 11) is 0. The van der Waals surface area contributed by atoms with Gasteiger partial charge in [-0.2, -0.15) is 0 Å². The van der Waals surface area contributed by atoms with Gasteiger partial charge in [-0.25, -0.2) is 0 Å². The second-order valence-electron chi connectivity index (χ2n) is 4.65. The van der Waals surface area contributed by atoms with Gasteiger partial charge in [0.2, 0.25) is 5.91 Å². The zero-order valence-electron chi connectivity index (χ0n) is 9.11. The number of amides is 1. The normalized spacial score (nSPS) is 36.2. The highest BCUT2D eigenvalue weighted by molar-refractivity contribution is 5.78. The summed E-state index contributed by atoms with van der Waals surface area (Å²) in [5.41, 5.74) is -0.324. The van der Waals surface area contributed by atoms with Gasteiger partial charge in [0, 0.05) is 13.0 Å². The summed E-state index contributed by atoms with van der Waals surface area (Å²) in [6, 6.07) is 0. The van der Waals surface area contributed by atoms with Gasteiger partial charge >= 0.3 is 0 Å². The minimum Gasteiger partial charge on any atom is -0.391 e. The molecule has 0 aromatic rings. The zero-order valence-corrected chi connectivity index (χ0v) is 9.11. The van der Waals surface area contributed by atoms with E-state index in [-0.39, 0.29) is 17.6 Å². The van der Waals surface area contributed by atoms with Crippen LogP contribution in [0.5, 0.6) is 0 Å². The number of hydrogen-bond acceptors (Lipinski definition) is 2. The molecule has 15 heavy (non-hydrogen) atoms. The van der Waals surface area contributed by atoms with E-state index < -0.39 is 0 Å². The van der Waals surface area contributed by atoms with Crippen LogP contribution >= 0.6 is 0 Å². The van der Waals surface area contributed by atoms with Gasteiger partial charge in [-0.3, -0.25) is 4.79 Å². The summed E-state index contributed by atoms with van der Waals surface area (Å²) in [5.74, 6) is 0.214. The molecule has 2 aliphatic rings. The molecule has 0 aliphatic carbocycles. The van der Waals surface area contributed by atoms with Crippen LogP contribution in [-0.4, -0.2) is 34.1 Å². The van der Waals surface area contributed by atoms with E-state index in [4.69, 9.17) is 0 Å². The Morgan fingerprint density at radius 3 is 3.13 bits per heavy atom. The molecule has 2 saturated heterocycles. The van der Waals surface area contributed by atoms with Crippen molar-refractivity contribution in [1.82, 2.24) is 4.90 Å². The monoisotopic (exact) mass is 209 g/mol. The third kappa shape index (κ3) is 1.59. The van der Waals surface area contributed by atoms with Crippen LogP contribution in [0.2, 0.25) is 0 Å².